The fourth-order valence-corrected chi connectivity index (χ4v) is 2.35. The van der Waals surface area contributed by atoms with Crippen LogP contribution in [0, 0.1) is 0 Å². The molecule has 1 aromatic rings. The van der Waals surface area contributed by atoms with E-state index in [9.17, 15) is 0 Å². The van der Waals surface area contributed by atoms with E-state index in [0.717, 1.165) is 19.6 Å². The number of hydrogen-bond acceptors (Lipinski definition) is 2. The molecule has 0 bridgehead atoms. The number of likely N-dealkylation sites (N-methyl/N-ethyl adjacent to an activating group) is 1. The Morgan fingerprint density at radius 2 is 2.25 bits per heavy atom. The first kappa shape index (κ1) is 11.2. The fourth-order valence-electron chi connectivity index (χ4n) is 2.35. The molecule has 1 N–H and O–H groups in total. The van der Waals surface area contributed by atoms with E-state index in [1.54, 1.807) is 0 Å². The van der Waals surface area contributed by atoms with E-state index in [1.165, 1.54) is 29.7 Å². The highest BCUT2D eigenvalue weighted by molar-refractivity contribution is 5.56. The molecule has 0 saturated carbocycles. The van der Waals surface area contributed by atoms with Gasteiger partial charge in [0.15, 0.2) is 0 Å². The zero-order chi connectivity index (χ0) is 11.4. The quantitative estimate of drug-likeness (QED) is 0.776. The number of para-hydroxylation sites is 1. The Bertz CT molecular complexity index is 371. The van der Waals surface area contributed by atoms with Gasteiger partial charge in [0.05, 0.1) is 0 Å². The summed E-state index contributed by atoms with van der Waals surface area (Å²) in [5.74, 6) is 0. The summed E-state index contributed by atoms with van der Waals surface area (Å²) in [6.07, 6.45) is 2.47. The highest BCUT2D eigenvalue weighted by Gasteiger charge is 2.16. The van der Waals surface area contributed by atoms with Crippen molar-refractivity contribution in [2.24, 2.45) is 0 Å². The van der Waals surface area contributed by atoms with Gasteiger partial charge in [0, 0.05) is 25.3 Å². The Balaban J connectivity index is 2.10. The predicted octanol–water partition coefficient (Wildman–Crippen LogP) is 2.21. The summed E-state index contributed by atoms with van der Waals surface area (Å²) >= 11 is 0. The molecule has 1 heterocycles. The van der Waals surface area contributed by atoms with Gasteiger partial charge in [0.2, 0.25) is 0 Å². The molecular formula is C14H20N2. The molecule has 0 saturated heterocycles. The second-order valence-electron chi connectivity index (χ2n) is 4.43. The van der Waals surface area contributed by atoms with Crippen molar-refractivity contribution >= 4 is 5.69 Å². The van der Waals surface area contributed by atoms with Gasteiger partial charge < -0.3 is 10.2 Å². The summed E-state index contributed by atoms with van der Waals surface area (Å²) in [5, 5.41) is 3.15. The highest BCUT2D eigenvalue weighted by Crippen LogP contribution is 2.26. The Morgan fingerprint density at radius 1 is 1.44 bits per heavy atom. The smallest absolute Gasteiger partial charge is 0.0401 e. The van der Waals surface area contributed by atoms with Gasteiger partial charge >= 0.3 is 0 Å². The minimum Gasteiger partial charge on any atom is -0.367 e. The number of rotatable bonds is 4. The van der Waals surface area contributed by atoms with Crippen molar-refractivity contribution in [2.75, 3.05) is 31.6 Å². The Hall–Kier alpha value is -1.28. The van der Waals surface area contributed by atoms with Crippen molar-refractivity contribution < 1.29 is 0 Å². The van der Waals surface area contributed by atoms with E-state index < -0.39 is 0 Å². The summed E-state index contributed by atoms with van der Waals surface area (Å²) in [7, 11) is 1.97. The average Bonchev–Trinajstić information content (AvgIpc) is 2.30. The maximum absolute atomic E-state index is 4.11. The van der Waals surface area contributed by atoms with Gasteiger partial charge in [0.25, 0.3) is 0 Å². The normalized spacial score (nSPS) is 14.7. The fraction of sp³-hybridized carbons (Fsp3) is 0.429. The molecule has 86 valence electrons. The summed E-state index contributed by atoms with van der Waals surface area (Å²) in [5.41, 5.74) is 4.12. The lowest BCUT2D eigenvalue weighted by Crippen LogP contribution is -2.32. The van der Waals surface area contributed by atoms with Gasteiger partial charge in [-0.05, 0) is 37.1 Å². The molecule has 0 aromatic heterocycles. The van der Waals surface area contributed by atoms with Gasteiger partial charge in [-0.1, -0.05) is 24.8 Å². The topological polar surface area (TPSA) is 15.3 Å². The molecule has 1 aromatic carbocycles. The number of fused-ring (bicyclic) bond motifs is 1. The first-order valence-electron chi connectivity index (χ1n) is 5.95. The maximum Gasteiger partial charge on any atom is 0.0401 e. The van der Waals surface area contributed by atoms with Crippen LogP contribution in [0.15, 0.2) is 36.4 Å². The molecule has 2 rings (SSSR count). The van der Waals surface area contributed by atoms with Gasteiger partial charge in [-0.3, -0.25) is 0 Å². The zero-order valence-electron chi connectivity index (χ0n) is 10.00. The lowest BCUT2D eigenvalue weighted by Gasteiger charge is -2.31. The van der Waals surface area contributed by atoms with E-state index in [-0.39, 0.29) is 0 Å². The third-order valence-electron chi connectivity index (χ3n) is 3.05. The van der Waals surface area contributed by atoms with Crippen LogP contribution in [0.5, 0.6) is 0 Å². The molecule has 0 fully saturated rings. The third-order valence-corrected chi connectivity index (χ3v) is 3.05. The first-order chi connectivity index (χ1) is 7.81. The molecule has 2 nitrogen and oxygen atoms in total. The van der Waals surface area contributed by atoms with Crippen LogP contribution in [0.2, 0.25) is 0 Å². The zero-order valence-corrected chi connectivity index (χ0v) is 10.00. The summed E-state index contributed by atoms with van der Waals surface area (Å²) in [6.45, 7) is 7.13. The van der Waals surface area contributed by atoms with Crippen LogP contribution in [0.4, 0.5) is 5.69 Å². The van der Waals surface area contributed by atoms with Gasteiger partial charge in [-0.2, -0.15) is 0 Å². The van der Waals surface area contributed by atoms with Crippen LogP contribution in [-0.4, -0.2) is 26.7 Å². The van der Waals surface area contributed by atoms with Crippen LogP contribution in [-0.2, 0) is 6.42 Å². The minimum atomic E-state index is 0.901. The van der Waals surface area contributed by atoms with Crippen molar-refractivity contribution in [3.8, 4) is 0 Å². The van der Waals surface area contributed by atoms with Crippen LogP contribution in [0.1, 0.15) is 12.0 Å². The summed E-state index contributed by atoms with van der Waals surface area (Å²) in [4.78, 5) is 2.44. The average molecular weight is 216 g/mol. The maximum atomic E-state index is 4.11. The standard InChI is InChI=1S/C14H20N2/c1-12(10-15-2)11-16-9-5-7-13-6-3-4-8-14(13)16/h3-4,6,8,15H,1,5,7,9-11H2,2H3. The van der Waals surface area contributed by atoms with Crippen LogP contribution >= 0.6 is 0 Å². The Morgan fingerprint density at radius 3 is 3.06 bits per heavy atom. The van der Waals surface area contributed by atoms with Crippen molar-refractivity contribution in [3.05, 3.63) is 42.0 Å². The number of hydrogen-bond donors (Lipinski definition) is 1. The molecule has 0 aliphatic carbocycles. The number of nitrogens with zero attached hydrogens (tertiary/aromatic N) is 1. The number of anilines is 1. The third kappa shape index (κ3) is 2.45. The molecule has 0 unspecified atom stereocenters. The minimum absolute atomic E-state index is 0.901. The molecule has 1 aliphatic heterocycles. The molecule has 16 heavy (non-hydrogen) atoms. The molecule has 0 radical (unpaired) electrons. The van der Waals surface area contributed by atoms with Crippen LogP contribution in [0.25, 0.3) is 0 Å². The number of nitrogens with one attached hydrogen (secondary N) is 1. The number of benzene rings is 1. The lowest BCUT2D eigenvalue weighted by atomic mass is 10.0. The van der Waals surface area contributed by atoms with Crippen molar-refractivity contribution in [1.82, 2.24) is 5.32 Å². The lowest BCUT2D eigenvalue weighted by molar-refractivity contribution is 0.703. The molecule has 0 amide bonds. The second kappa shape index (κ2) is 5.17. The van der Waals surface area contributed by atoms with Gasteiger partial charge in [-0.25, -0.2) is 0 Å². The van der Waals surface area contributed by atoms with E-state index in [1.807, 2.05) is 7.05 Å². The molecular weight excluding hydrogens is 196 g/mol. The van der Waals surface area contributed by atoms with Gasteiger partial charge in [0.1, 0.15) is 0 Å². The molecule has 0 atom stereocenters. The van der Waals surface area contributed by atoms with E-state index in [2.05, 4.69) is 41.1 Å². The highest BCUT2D eigenvalue weighted by atomic mass is 15.1. The van der Waals surface area contributed by atoms with Crippen LogP contribution < -0.4 is 10.2 Å². The number of aryl methyl sites for hydroxylation is 1. The summed E-state index contributed by atoms with van der Waals surface area (Å²) in [6, 6.07) is 8.71. The summed E-state index contributed by atoms with van der Waals surface area (Å²) < 4.78 is 0. The van der Waals surface area contributed by atoms with E-state index in [4.69, 9.17) is 0 Å². The molecule has 0 spiro atoms. The monoisotopic (exact) mass is 216 g/mol. The Labute approximate surface area is 98.0 Å². The van der Waals surface area contributed by atoms with E-state index >= 15 is 0 Å². The predicted molar refractivity (Wildman–Crippen MR) is 70.0 cm³/mol. The second-order valence-corrected chi connectivity index (χ2v) is 4.43. The van der Waals surface area contributed by atoms with Crippen molar-refractivity contribution in [3.63, 3.8) is 0 Å². The van der Waals surface area contributed by atoms with Crippen molar-refractivity contribution in [1.29, 1.82) is 0 Å². The van der Waals surface area contributed by atoms with Crippen molar-refractivity contribution in [2.45, 2.75) is 12.8 Å². The first-order valence-corrected chi connectivity index (χ1v) is 5.95. The largest absolute Gasteiger partial charge is 0.367 e. The Kier molecular flexibility index (Phi) is 3.62. The molecule has 2 heteroatoms. The van der Waals surface area contributed by atoms with Crippen LogP contribution in [0.3, 0.4) is 0 Å². The van der Waals surface area contributed by atoms with E-state index in [0.29, 0.717) is 0 Å². The SMILES string of the molecule is C=C(CNC)CN1CCCc2ccccc21. The van der Waals surface area contributed by atoms with Gasteiger partial charge in [-0.15, -0.1) is 0 Å². The molecule has 1 aliphatic rings.